The number of pyridine rings is 1. The summed E-state index contributed by atoms with van der Waals surface area (Å²) in [6, 6.07) is 8.19. The van der Waals surface area contributed by atoms with E-state index in [1.165, 1.54) is 11.6 Å². The summed E-state index contributed by atoms with van der Waals surface area (Å²) in [5, 5.41) is 24.5. The van der Waals surface area contributed by atoms with Crippen LogP contribution in [-0.2, 0) is 7.05 Å². The van der Waals surface area contributed by atoms with E-state index >= 15 is 0 Å². The highest BCUT2D eigenvalue weighted by Crippen LogP contribution is 2.23. The van der Waals surface area contributed by atoms with Crippen LogP contribution in [0.1, 0.15) is 0 Å². The maximum absolute atomic E-state index is 12.4. The Bertz CT molecular complexity index is 875. The Labute approximate surface area is 123 Å². The van der Waals surface area contributed by atoms with Crippen molar-refractivity contribution in [3.63, 3.8) is 0 Å². The van der Waals surface area contributed by atoms with E-state index in [1.807, 2.05) is 0 Å². The number of nitrogens with zero attached hydrogens (tertiary/aromatic N) is 4. The molecule has 0 spiro atoms. The van der Waals surface area contributed by atoms with Crippen molar-refractivity contribution in [3.05, 3.63) is 56.9 Å². The van der Waals surface area contributed by atoms with E-state index in [1.54, 1.807) is 30.3 Å². The predicted octanol–water partition coefficient (Wildman–Crippen LogP) is 2.44. The number of benzene rings is 1. The maximum atomic E-state index is 12.4. The molecule has 0 fully saturated rings. The fraction of sp³-hybridized carbons (Fsp3) is 0.0769. The fourth-order valence-electron chi connectivity index (χ4n) is 2.18. The summed E-state index contributed by atoms with van der Waals surface area (Å²) < 4.78 is 1.96. The molecule has 0 amide bonds. The van der Waals surface area contributed by atoms with Gasteiger partial charge in [-0.2, -0.15) is 4.73 Å². The minimum atomic E-state index is -0.549. The average molecular weight is 305 g/mol. The molecule has 7 nitrogen and oxygen atoms in total. The Balaban J connectivity index is 2.24. The van der Waals surface area contributed by atoms with Crippen LogP contribution in [0.5, 0.6) is 0 Å². The molecule has 0 radical (unpaired) electrons. The van der Waals surface area contributed by atoms with E-state index in [0.29, 0.717) is 20.7 Å². The zero-order chi connectivity index (χ0) is 15.1. The normalized spacial score (nSPS) is 11.0. The number of hydrogen-bond acceptors (Lipinski definition) is 4. The third kappa shape index (κ3) is 2.07. The summed E-state index contributed by atoms with van der Waals surface area (Å²) in [6.45, 7) is 0. The molecule has 2 aromatic heterocycles. The largest absolute Gasteiger partial charge is 0.618 e. The number of fused-ring (bicyclic) bond motifs is 1. The molecule has 0 bridgehead atoms. The van der Waals surface area contributed by atoms with Crippen molar-refractivity contribution in [2.45, 2.75) is 0 Å². The first-order valence-electron chi connectivity index (χ1n) is 5.97. The summed E-state index contributed by atoms with van der Waals surface area (Å²) in [6.07, 6.45) is 1.13. The van der Waals surface area contributed by atoms with Crippen molar-refractivity contribution in [1.82, 2.24) is 9.55 Å². The molecule has 21 heavy (non-hydrogen) atoms. The molecule has 2 heterocycles. The van der Waals surface area contributed by atoms with Gasteiger partial charge >= 0.3 is 5.82 Å². The van der Waals surface area contributed by atoms with Crippen molar-refractivity contribution in [2.24, 2.45) is 7.05 Å². The Morgan fingerprint density at radius 2 is 2.10 bits per heavy atom. The van der Waals surface area contributed by atoms with E-state index in [2.05, 4.69) is 4.98 Å². The molecule has 0 atom stereocenters. The standard InChI is InChI=1S/C13H9ClN4O3/c1-16-12(18(20)21)7-15-13(16)11-4-2-8-6-9(14)3-5-10(8)17(11)19/h2-7H,1H3. The first-order chi connectivity index (χ1) is 9.99. The highest BCUT2D eigenvalue weighted by Gasteiger charge is 2.24. The molecule has 0 aliphatic carbocycles. The van der Waals surface area contributed by atoms with Gasteiger partial charge in [0.2, 0.25) is 5.52 Å². The van der Waals surface area contributed by atoms with Gasteiger partial charge < -0.3 is 15.3 Å². The predicted molar refractivity (Wildman–Crippen MR) is 76.8 cm³/mol. The summed E-state index contributed by atoms with van der Waals surface area (Å²) >= 11 is 5.89. The van der Waals surface area contributed by atoms with Crippen LogP contribution in [0.3, 0.4) is 0 Å². The Kier molecular flexibility index (Phi) is 2.99. The van der Waals surface area contributed by atoms with Crippen molar-refractivity contribution >= 4 is 28.3 Å². The summed E-state index contributed by atoms with van der Waals surface area (Å²) in [5.74, 6) is 0.0507. The molecule has 3 aromatic rings. The van der Waals surface area contributed by atoms with Crippen LogP contribution in [0.25, 0.3) is 22.4 Å². The lowest BCUT2D eigenvalue weighted by molar-refractivity contribution is -0.565. The monoisotopic (exact) mass is 304 g/mol. The molecule has 106 valence electrons. The van der Waals surface area contributed by atoms with Crippen LogP contribution < -0.4 is 4.73 Å². The number of rotatable bonds is 2. The van der Waals surface area contributed by atoms with Gasteiger partial charge in [-0.15, -0.1) is 0 Å². The molecule has 0 aliphatic heterocycles. The van der Waals surface area contributed by atoms with Gasteiger partial charge in [0.05, 0.1) is 7.05 Å². The number of aromatic nitrogens is 3. The molecule has 3 rings (SSSR count). The number of imidazole rings is 1. The number of nitro groups is 1. The second-order valence-corrected chi connectivity index (χ2v) is 4.91. The lowest BCUT2D eigenvalue weighted by atomic mass is 10.2. The molecular weight excluding hydrogens is 296 g/mol. The van der Waals surface area contributed by atoms with Crippen LogP contribution in [0, 0.1) is 15.3 Å². The van der Waals surface area contributed by atoms with E-state index in [4.69, 9.17) is 11.6 Å². The molecule has 1 aromatic carbocycles. The topological polar surface area (TPSA) is 87.9 Å². The van der Waals surface area contributed by atoms with Crippen LogP contribution in [-0.4, -0.2) is 14.5 Å². The van der Waals surface area contributed by atoms with Gasteiger partial charge in [-0.25, -0.2) is 9.55 Å². The Morgan fingerprint density at radius 1 is 1.33 bits per heavy atom. The van der Waals surface area contributed by atoms with Crippen molar-refractivity contribution in [2.75, 3.05) is 0 Å². The van der Waals surface area contributed by atoms with Gasteiger partial charge in [0.15, 0.2) is 0 Å². The van der Waals surface area contributed by atoms with E-state index < -0.39 is 4.92 Å². The molecule has 0 saturated carbocycles. The minimum Gasteiger partial charge on any atom is -0.618 e. The highest BCUT2D eigenvalue weighted by molar-refractivity contribution is 6.31. The smallest absolute Gasteiger partial charge is 0.343 e. The fourth-order valence-corrected chi connectivity index (χ4v) is 2.36. The Morgan fingerprint density at radius 3 is 2.76 bits per heavy atom. The lowest BCUT2D eigenvalue weighted by Crippen LogP contribution is -2.31. The van der Waals surface area contributed by atoms with E-state index in [0.717, 1.165) is 6.20 Å². The molecule has 0 saturated heterocycles. The third-order valence-electron chi connectivity index (χ3n) is 3.23. The second-order valence-electron chi connectivity index (χ2n) is 4.47. The molecule has 0 unspecified atom stereocenters. The number of halogens is 1. The van der Waals surface area contributed by atoms with Crippen molar-refractivity contribution < 1.29 is 9.65 Å². The number of hydrogen-bond donors (Lipinski definition) is 0. The summed E-state index contributed by atoms with van der Waals surface area (Å²) in [5.41, 5.74) is 0.656. The van der Waals surface area contributed by atoms with Gasteiger partial charge in [0.25, 0.3) is 11.5 Å². The third-order valence-corrected chi connectivity index (χ3v) is 3.46. The average Bonchev–Trinajstić information content (AvgIpc) is 2.81. The molecular formula is C13H9ClN4O3. The summed E-state index contributed by atoms with van der Waals surface area (Å²) in [4.78, 5) is 14.3. The second kappa shape index (κ2) is 4.71. The van der Waals surface area contributed by atoms with Gasteiger partial charge in [0, 0.05) is 22.5 Å². The van der Waals surface area contributed by atoms with Gasteiger partial charge in [-0.1, -0.05) is 11.6 Å². The highest BCUT2D eigenvalue weighted by atomic mass is 35.5. The molecule has 0 N–H and O–H groups in total. The van der Waals surface area contributed by atoms with Gasteiger partial charge in [-0.3, -0.25) is 0 Å². The summed E-state index contributed by atoms with van der Waals surface area (Å²) in [7, 11) is 1.49. The van der Waals surface area contributed by atoms with Crippen molar-refractivity contribution in [1.29, 1.82) is 0 Å². The van der Waals surface area contributed by atoms with Crippen molar-refractivity contribution in [3.8, 4) is 11.5 Å². The van der Waals surface area contributed by atoms with Gasteiger partial charge in [0.1, 0.15) is 6.20 Å². The maximum Gasteiger partial charge on any atom is 0.343 e. The molecule has 0 aliphatic rings. The quantitative estimate of drug-likeness (QED) is 0.315. The zero-order valence-electron chi connectivity index (χ0n) is 10.9. The van der Waals surface area contributed by atoms with Crippen LogP contribution in [0.2, 0.25) is 5.02 Å². The van der Waals surface area contributed by atoms with Crippen LogP contribution in [0.4, 0.5) is 5.82 Å². The van der Waals surface area contributed by atoms with E-state index in [-0.39, 0.29) is 17.3 Å². The first kappa shape index (κ1) is 13.3. The first-order valence-corrected chi connectivity index (χ1v) is 6.35. The van der Waals surface area contributed by atoms with E-state index in [9.17, 15) is 15.3 Å². The SMILES string of the molecule is Cn1c([N+](=O)[O-])cnc1-c1ccc2cc(Cl)ccc2[n+]1[O-]. The zero-order valence-corrected chi connectivity index (χ0v) is 11.6. The minimum absolute atomic E-state index is 0.179. The van der Waals surface area contributed by atoms with Gasteiger partial charge in [-0.05, 0) is 23.1 Å². The van der Waals surface area contributed by atoms with Crippen LogP contribution in [0.15, 0.2) is 36.5 Å². The Hall–Kier alpha value is -2.67. The lowest BCUT2D eigenvalue weighted by Gasteiger charge is -2.06. The van der Waals surface area contributed by atoms with Crippen LogP contribution >= 0.6 is 11.6 Å². The molecule has 8 heteroatoms.